The Morgan fingerprint density at radius 1 is 1.32 bits per heavy atom. The van der Waals surface area contributed by atoms with Gasteiger partial charge in [-0.3, -0.25) is 9.69 Å². The molecule has 3 N–H and O–H groups in total. The van der Waals surface area contributed by atoms with E-state index >= 15 is 0 Å². The number of ether oxygens (including phenoxy) is 1. The number of aliphatic hydroxyl groups is 1. The van der Waals surface area contributed by atoms with Crippen LogP contribution < -0.4 is 20.3 Å². The first-order valence-electron chi connectivity index (χ1n) is 11.0. The van der Waals surface area contributed by atoms with E-state index in [9.17, 15) is 9.90 Å². The molecule has 0 saturated carbocycles. The van der Waals surface area contributed by atoms with E-state index in [2.05, 4.69) is 20.6 Å². The van der Waals surface area contributed by atoms with Crippen molar-refractivity contribution in [1.82, 2.24) is 15.3 Å². The van der Waals surface area contributed by atoms with Crippen LogP contribution in [0, 0.1) is 5.92 Å². The van der Waals surface area contributed by atoms with Crippen LogP contribution in [-0.2, 0) is 6.42 Å². The van der Waals surface area contributed by atoms with E-state index in [0.29, 0.717) is 36.4 Å². The summed E-state index contributed by atoms with van der Waals surface area (Å²) in [6, 6.07) is 7.42. The lowest BCUT2D eigenvalue weighted by Gasteiger charge is -2.30. The SMILES string of the molecule is CC(C)(CO)Nc1nccc(N(CC2CCNCC2)C(=O)c2ccc3c(c2)CCO3)n1. The van der Waals surface area contributed by atoms with Gasteiger partial charge in [0, 0.05) is 24.7 Å². The molecule has 8 nitrogen and oxygen atoms in total. The fraction of sp³-hybridized carbons (Fsp3) is 0.522. The summed E-state index contributed by atoms with van der Waals surface area (Å²) < 4.78 is 5.59. The smallest absolute Gasteiger partial charge is 0.259 e. The molecule has 1 saturated heterocycles. The molecule has 0 atom stereocenters. The number of hydrogen-bond donors (Lipinski definition) is 3. The van der Waals surface area contributed by atoms with Gasteiger partial charge in [-0.2, -0.15) is 4.98 Å². The van der Waals surface area contributed by atoms with E-state index in [1.165, 1.54) is 0 Å². The number of nitrogens with one attached hydrogen (secondary N) is 2. The van der Waals surface area contributed by atoms with Gasteiger partial charge in [0.2, 0.25) is 5.95 Å². The largest absolute Gasteiger partial charge is 0.493 e. The average molecular weight is 426 g/mol. The predicted molar refractivity (Wildman–Crippen MR) is 120 cm³/mol. The van der Waals surface area contributed by atoms with E-state index in [4.69, 9.17) is 4.74 Å². The predicted octanol–water partition coefficient (Wildman–Crippen LogP) is 2.24. The van der Waals surface area contributed by atoms with Crippen molar-refractivity contribution < 1.29 is 14.6 Å². The maximum Gasteiger partial charge on any atom is 0.259 e. The van der Waals surface area contributed by atoms with Crippen LogP contribution in [0.5, 0.6) is 5.75 Å². The average Bonchev–Trinajstić information content (AvgIpc) is 3.25. The Hall–Kier alpha value is -2.71. The van der Waals surface area contributed by atoms with Crippen LogP contribution in [0.3, 0.4) is 0 Å². The van der Waals surface area contributed by atoms with Gasteiger partial charge >= 0.3 is 0 Å². The summed E-state index contributed by atoms with van der Waals surface area (Å²) in [6.45, 7) is 6.87. The number of benzene rings is 1. The van der Waals surface area contributed by atoms with Gasteiger partial charge < -0.3 is 20.5 Å². The molecule has 1 amide bonds. The van der Waals surface area contributed by atoms with E-state index in [1.807, 2.05) is 32.0 Å². The van der Waals surface area contributed by atoms with Crippen LogP contribution in [0.25, 0.3) is 0 Å². The summed E-state index contributed by atoms with van der Waals surface area (Å²) in [5, 5.41) is 16.1. The van der Waals surface area contributed by atoms with Crippen LogP contribution in [0.15, 0.2) is 30.5 Å². The minimum Gasteiger partial charge on any atom is -0.493 e. The van der Waals surface area contributed by atoms with Gasteiger partial charge in [-0.1, -0.05) is 0 Å². The second kappa shape index (κ2) is 9.20. The maximum atomic E-state index is 13.6. The van der Waals surface area contributed by atoms with Gasteiger partial charge in [0.05, 0.1) is 18.8 Å². The molecule has 1 aromatic carbocycles. The number of aliphatic hydroxyl groups excluding tert-OH is 1. The molecular formula is C23H31N5O3. The molecule has 166 valence electrons. The van der Waals surface area contributed by atoms with Gasteiger partial charge in [-0.15, -0.1) is 0 Å². The third-order valence-electron chi connectivity index (χ3n) is 5.84. The lowest BCUT2D eigenvalue weighted by Crippen LogP contribution is -2.40. The minimum absolute atomic E-state index is 0.0600. The first-order chi connectivity index (χ1) is 14.9. The monoisotopic (exact) mass is 425 g/mol. The van der Waals surface area contributed by atoms with Gasteiger partial charge in [-0.05, 0) is 75.5 Å². The van der Waals surface area contributed by atoms with Crippen molar-refractivity contribution in [1.29, 1.82) is 0 Å². The van der Waals surface area contributed by atoms with Gasteiger partial charge in [0.1, 0.15) is 11.6 Å². The summed E-state index contributed by atoms with van der Waals surface area (Å²) >= 11 is 0. The van der Waals surface area contributed by atoms with Crippen LogP contribution >= 0.6 is 0 Å². The molecule has 3 heterocycles. The summed E-state index contributed by atoms with van der Waals surface area (Å²) in [4.78, 5) is 24.3. The van der Waals surface area contributed by atoms with Gasteiger partial charge in [0.15, 0.2) is 0 Å². The minimum atomic E-state index is -0.567. The maximum absolute atomic E-state index is 13.6. The fourth-order valence-corrected chi connectivity index (χ4v) is 3.98. The van der Waals surface area contributed by atoms with Crippen molar-refractivity contribution in [3.8, 4) is 5.75 Å². The number of piperidine rings is 1. The highest BCUT2D eigenvalue weighted by Gasteiger charge is 2.26. The lowest BCUT2D eigenvalue weighted by molar-refractivity contribution is 0.0980. The Morgan fingerprint density at radius 2 is 2.13 bits per heavy atom. The van der Waals surface area contributed by atoms with E-state index in [0.717, 1.165) is 43.7 Å². The Balaban J connectivity index is 1.63. The number of rotatable bonds is 7. The third kappa shape index (κ3) is 5.14. The first-order valence-corrected chi connectivity index (χ1v) is 11.0. The van der Waals surface area contributed by atoms with Crippen molar-refractivity contribution in [2.24, 2.45) is 5.92 Å². The highest BCUT2D eigenvalue weighted by Crippen LogP contribution is 2.28. The van der Waals surface area contributed by atoms with Crippen LogP contribution in [0.4, 0.5) is 11.8 Å². The zero-order chi connectivity index (χ0) is 21.8. The number of fused-ring (bicyclic) bond motifs is 1. The van der Waals surface area contributed by atoms with Crippen LogP contribution in [0.1, 0.15) is 42.6 Å². The van der Waals surface area contributed by atoms with Crippen molar-refractivity contribution in [2.45, 2.75) is 38.6 Å². The topological polar surface area (TPSA) is 99.6 Å². The zero-order valence-corrected chi connectivity index (χ0v) is 18.2. The van der Waals surface area contributed by atoms with Gasteiger partial charge in [-0.25, -0.2) is 4.98 Å². The van der Waals surface area contributed by atoms with Crippen molar-refractivity contribution in [3.05, 3.63) is 41.6 Å². The Kier molecular flexibility index (Phi) is 6.38. The number of anilines is 2. The quantitative estimate of drug-likeness (QED) is 0.626. The molecule has 0 bridgehead atoms. The highest BCUT2D eigenvalue weighted by molar-refractivity contribution is 6.05. The molecule has 2 aliphatic rings. The fourth-order valence-electron chi connectivity index (χ4n) is 3.98. The second-order valence-electron chi connectivity index (χ2n) is 8.94. The molecule has 2 aliphatic heterocycles. The number of nitrogens with zero attached hydrogens (tertiary/aromatic N) is 3. The Bertz CT molecular complexity index is 927. The van der Waals surface area contributed by atoms with Crippen molar-refractivity contribution >= 4 is 17.7 Å². The standard InChI is InChI=1S/C23H31N5O3/c1-23(2,15-29)27-22-25-11-7-20(26-22)28(14-16-5-9-24-10-6-16)21(30)18-3-4-19-17(13-18)8-12-31-19/h3-4,7,11,13,16,24,29H,5-6,8-10,12,14-15H2,1-2H3,(H,25,26,27). The van der Waals surface area contributed by atoms with Crippen LogP contribution in [0.2, 0.25) is 0 Å². The molecule has 1 fully saturated rings. The molecule has 1 aromatic heterocycles. The molecule has 31 heavy (non-hydrogen) atoms. The van der Waals surface area contributed by atoms with E-state index in [-0.39, 0.29) is 12.5 Å². The molecule has 0 spiro atoms. The van der Waals surface area contributed by atoms with E-state index < -0.39 is 5.54 Å². The molecule has 4 rings (SSSR count). The molecule has 0 radical (unpaired) electrons. The Labute approximate surface area is 183 Å². The lowest BCUT2D eigenvalue weighted by atomic mass is 9.97. The van der Waals surface area contributed by atoms with Crippen LogP contribution in [-0.4, -0.2) is 59.4 Å². The number of amides is 1. The number of hydrogen-bond acceptors (Lipinski definition) is 7. The summed E-state index contributed by atoms with van der Waals surface area (Å²) in [5.74, 6) is 2.15. The number of carbonyl (C=O) groups excluding carboxylic acids is 1. The van der Waals surface area contributed by atoms with Gasteiger partial charge in [0.25, 0.3) is 5.91 Å². The zero-order valence-electron chi connectivity index (χ0n) is 18.2. The Morgan fingerprint density at radius 3 is 2.90 bits per heavy atom. The summed E-state index contributed by atoms with van der Waals surface area (Å²) in [5.41, 5.74) is 1.15. The molecule has 8 heteroatoms. The van der Waals surface area contributed by atoms with Crippen molar-refractivity contribution in [3.63, 3.8) is 0 Å². The summed E-state index contributed by atoms with van der Waals surface area (Å²) in [7, 11) is 0. The normalized spacial score (nSPS) is 16.5. The molecule has 0 unspecified atom stereocenters. The second-order valence-corrected chi connectivity index (χ2v) is 8.94. The molecule has 2 aromatic rings. The third-order valence-corrected chi connectivity index (χ3v) is 5.84. The molecule has 0 aliphatic carbocycles. The molecular weight excluding hydrogens is 394 g/mol. The first kappa shape index (κ1) is 21.5. The van der Waals surface area contributed by atoms with Crippen molar-refractivity contribution in [2.75, 3.05) is 43.1 Å². The number of carbonyl (C=O) groups is 1. The number of aromatic nitrogens is 2. The highest BCUT2D eigenvalue weighted by atomic mass is 16.5. The van der Waals surface area contributed by atoms with E-state index in [1.54, 1.807) is 17.2 Å². The summed E-state index contributed by atoms with van der Waals surface area (Å²) in [6.07, 6.45) is 4.52.